The largest absolute Gasteiger partial charge is 0.452 e. The summed E-state index contributed by atoms with van der Waals surface area (Å²) in [4.78, 5) is 29.2. The van der Waals surface area contributed by atoms with Crippen molar-refractivity contribution in [3.8, 4) is 12.3 Å². The number of carbonyl (C=O) groups is 2. The number of nitrogens with zero attached hydrogens (tertiary/aromatic N) is 1. The van der Waals surface area contributed by atoms with Crippen molar-refractivity contribution < 1.29 is 23.8 Å². The first-order valence-corrected chi connectivity index (χ1v) is 11.0. The van der Waals surface area contributed by atoms with Crippen LogP contribution in [0.4, 0.5) is 0 Å². The number of ether oxygens (including phenoxy) is 3. The van der Waals surface area contributed by atoms with Crippen LogP contribution in [0.25, 0.3) is 0 Å². The predicted molar refractivity (Wildman–Crippen MR) is 128 cm³/mol. The average Bonchev–Trinajstić information content (AvgIpc) is 2.67. The highest BCUT2D eigenvalue weighted by molar-refractivity contribution is 5.94. The summed E-state index contributed by atoms with van der Waals surface area (Å²) in [7, 11) is 1.69. The highest BCUT2D eigenvalue weighted by Crippen LogP contribution is 2.20. The summed E-state index contributed by atoms with van der Waals surface area (Å²) in [5.41, 5.74) is 4.27. The van der Waals surface area contributed by atoms with Gasteiger partial charge in [-0.3, -0.25) is 14.6 Å². The second-order valence-electron chi connectivity index (χ2n) is 9.68. The number of hydrogen-bond donors (Lipinski definition) is 2. The zero-order valence-corrected chi connectivity index (χ0v) is 21.2. The zero-order valence-electron chi connectivity index (χ0n) is 21.2. The number of methoxy groups -OCH3 is 1. The van der Waals surface area contributed by atoms with Gasteiger partial charge in [0.15, 0.2) is 12.4 Å². The number of nitrogens with one attached hydrogen (secondary N) is 1. The van der Waals surface area contributed by atoms with E-state index < -0.39 is 17.6 Å². The summed E-state index contributed by atoms with van der Waals surface area (Å²) in [5, 5.41) is 3.30. The molecule has 184 valence electrons. The summed E-state index contributed by atoms with van der Waals surface area (Å²) < 4.78 is 16.3. The van der Waals surface area contributed by atoms with E-state index in [4.69, 9.17) is 26.4 Å². The Morgan fingerprint density at radius 1 is 1.12 bits per heavy atom. The smallest absolute Gasteiger partial charge is 0.306 e. The third kappa shape index (κ3) is 12.8. The van der Waals surface area contributed by atoms with Crippen LogP contribution in [0.5, 0.6) is 0 Å². The number of aliphatic imine (C=N–C) groups is 1. The quantitative estimate of drug-likeness (QED) is 0.160. The van der Waals surface area contributed by atoms with Crippen molar-refractivity contribution >= 4 is 17.6 Å². The minimum absolute atomic E-state index is 0.0314. The van der Waals surface area contributed by atoms with E-state index >= 15 is 0 Å². The molecule has 0 rings (SSSR count). The number of esters is 1. The molecule has 0 aromatic heterocycles. The highest BCUT2D eigenvalue weighted by Gasteiger charge is 2.34. The van der Waals surface area contributed by atoms with Gasteiger partial charge in [0, 0.05) is 13.5 Å². The number of terminal acetylenes is 1. The lowest BCUT2D eigenvalue weighted by atomic mass is 9.90. The van der Waals surface area contributed by atoms with Crippen molar-refractivity contribution in [1.82, 2.24) is 5.32 Å². The van der Waals surface area contributed by atoms with E-state index in [2.05, 4.69) is 16.2 Å². The maximum Gasteiger partial charge on any atom is 0.306 e. The van der Waals surface area contributed by atoms with E-state index in [-0.39, 0.29) is 42.3 Å². The first kappa shape index (κ1) is 30.0. The van der Waals surface area contributed by atoms with Gasteiger partial charge in [0.2, 0.25) is 0 Å². The lowest BCUT2D eigenvalue weighted by molar-refractivity contribution is -0.142. The summed E-state index contributed by atoms with van der Waals surface area (Å²) in [6.45, 7) is 14.4. The predicted octanol–water partition coefficient (Wildman–Crippen LogP) is 2.63. The Kier molecular flexibility index (Phi) is 12.7. The molecule has 3 N–H and O–H groups in total. The number of rotatable bonds is 16. The van der Waals surface area contributed by atoms with Gasteiger partial charge in [0.05, 0.1) is 29.2 Å². The Hall–Kier alpha value is -1.95. The van der Waals surface area contributed by atoms with Gasteiger partial charge in [-0.25, -0.2) is 0 Å². The number of carbonyl (C=O) groups excluding carboxylic acids is 2. The van der Waals surface area contributed by atoms with Crippen LogP contribution in [0.2, 0.25) is 0 Å². The first-order valence-electron chi connectivity index (χ1n) is 11.0. The molecule has 0 bridgehead atoms. The Labute approximate surface area is 194 Å². The lowest BCUT2D eigenvalue weighted by Gasteiger charge is -2.32. The Morgan fingerprint density at radius 3 is 2.28 bits per heavy atom. The van der Waals surface area contributed by atoms with Crippen molar-refractivity contribution in [2.24, 2.45) is 10.7 Å². The van der Waals surface area contributed by atoms with E-state index in [1.807, 2.05) is 27.7 Å². The summed E-state index contributed by atoms with van der Waals surface area (Å²) >= 11 is 0. The number of Topliss-reactive ketones (excluding diaryl/α,β-unsaturated/α-hetero) is 1. The maximum absolute atomic E-state index is 13.1. The molecule has 1 atom stereocenters. The van der Waals surface area contributed by atoms with E-state index in [1.165, 1.54) is 0 Å². The molecular formula is C24H43N3O5. The zero-order chi connectivity index (χ0) is 25.0. The van der Waals surface area contributed by atoms with Gasteiger partial charge >= 0.3 is 5.97 Å². The topological polar surface area (TPSA) is 112 Å². The van der Waals surface area contributed by atoms with Gasteiger partial charge in [-0.1, -0.05) is 5.92 Å². The first-order chi connectivity index (χ1) is 14.7. The Balaban J connectivity index is 4.84. The van der Waals surface area contributed by atoms with Crippen LogP contribution >= 0.6 is 0 Å². The second kappa shape index (κ2) is 13.6. The van der Waals surface area contributed by atoms with E-state index in [9.17, 15) is 9.59 Å². The number of hydrogen-bond acceptors (Lipinski definition) is 7. The molecule has 0 heterocycles. The van der Waals surface area contributed by atoms with E-state index in [0.717, 1.165) is 6.42 Å². The van der Waals surface area contributed by atoms with Crippen LogP contribution < -0.4 is 11.1 Å². The summed E-state index contributed by atoms with van der Waals surface area (Å²) in [6.07, 6.45) is 6.81. The van der Waals surface area contributed by atoms with Crippen molar-refractivity contribution in [2.45, 2.75) is 96.9 Å². The molecule has 0 amide bonds. The molecule has 0 aliphatic carbocycles. The highest BCUT2D eigenvalue weighted by atomic mass is 16.5. The number of ketones is 1. The summed E-state index contributed by atoms with van der Waals surface area (Å²) in [6, 6.07) is -0.749. The molecule has 0 spiro atoms. The van der Waals surface area contributed by atoms with Crippen molar-refractivity contribution in [3.63, 3.8) is 0 Å². The van der Waals surface area contributed by atoms with Crippen molar-refractivity contribution in [1.29, 1.82) is 0 Å². The molecule has 0 fully saturated rings. The minimum atomic E-state index is -0.861. The second-order valence-corrected chi connectivity index (χ2v) is 9.68. The SMILES string of the molecule is C#CCOC(=O)CCC(N=C(C)N)C(=O)C(C)(C)NCCC(C)(C)OCCC(C)(C)OC. The van der Waals surface area contributed by atoms with Crippen molar-refractivity contribution in [3.05, 3.63) is 0 Å². The lowest BCUT2D eigenvalue weighted by Crippen LogP contribution is -2.52. The van der Waals surface area contributed by atoms with Gasteiger partial charge in [0.25, 0.3) is 0 Å². The van der Waals surface area contributed by atoms with Gasteiger partial charge < -0.3 is 25.3 Å². The van der Waals surface area contributed by atoms with Crippen LogP contribution in [0.3, 0.4) is 0 Å². The van der Waals surface area contributed by atoms with Crippen LogP contribution in [-0.2, 0) is 23.8 Å². The molecule has 0 saturated carbocycles. The van der Waals surface area contributed by atoms with Crippen LogP contribution in [0, 0.1) is 12.3 Å². The standard InChI is InChI=1S/C24H43N3O5/c1-10-16-31-20(28)12-11-19(27-18(2)25)21(29)24(7,8)26-15-13-23(5,6)32-17-14-22(3,4)30-9/h1,19,26H,11-17H2,2-9H3,(H2,25,27). The van der Waals surface area contributed by atoms with Gasteiger partial charge in [-0.2, -0.15) is 0 Å². The van der Waals surface area contributed by atoms with Gasteiger partial charge in [-0.15, -0.1) is 6.42 Å². The summed E-state index contributed by atoms with van der Waals surface area (Å²) in [5.74, 6) is 1.91. The molecule has 8 heteroatoms. The third-order valence-electron chi connectivity index (χ3n) is 5.26. The molecule has 0 aromatic rings. The fourth-order valence-corrected chi connectivity index (χ4v) is 2.88. The Bertz CT molecular complexity index is 674. The molecule has 0 aromatic carbocycles. The van der Waals surface area contributed by atoms with Crippen LogP contribution in [0.1, 0.15) is 74.1 Å². The fraction of sp³-hybridized carbons (Fsp3) is 0.792. The maximum atomic E-state index is 13.1. The molecule has 1 unspecified atom stereocenters. The van der Waals surface area contributed by atoms with E-state index in [1.54, 1.807) is 27.9 Å². The third-order valence-corrected chi connectivity index (χ3v) is 5.26. The normalized spacial score (nSPS) is 14.0. The van der Waals surface area contributed by atoms with Crippen molar-refractivity contribution in [2.75, 3.05) is 26.9 Å². The van der Waals surface area contributed by atoms with Crippen LogP contribution in [-0.4, -0.2) is 67.2 Å². The van der Waals surface area contributed by atoms with Gasteiger partial charge in [0.1, 0.15) is 6.04 Å². The average molecular weight is 454 g/mol. The molecule has 0 radical (unpaired) electrons. The minimum Gasteiger partial charge on any atom is -0.452 e. The number of nitrogens with two attached hydrogens (primary N) is 1. The molecule has 0 aliphatic rings. The fourth-order valence-electron chi connectivity index (χ4n) is 2.88. The molecule has 0 saturated heterocycles. The number of amidine groups is 1. The van der Waals surface area contributed by atoms with E-state index in [0.29, 0.717) is 19.6 Å². The monoisotopic (exact) mass is 453 g/mol. The van der Waals surface area contributed by atoms with Gasteiger partial charge in [-0.05, 0) is 74.3 Å². The molecular weight excluding hydrogens is 410 g/mol. The molecule has 32 heavy (non-hydrogen) atoms. The Morgan fingerprint density at radius 2 is 1.75 bits per heavy atom. The molecule has 0 aliphatic heterocycles. The van der Waals surface area contributed by atoms with Crippen LogP contribution in [0.15, 0.2) is 4.99 Å². The molecule has 8 nitrogen and oxygen atoms in total.